The summed E-state index contributed by atoms with van der Waals surface area (Å²) in [6, 6.07) is 9.99. The number of carbonyl (C=O) groups excluding carboxylic acids is 1. The van der Waals surface area contributed by atoms with Crippen molar-refractivity contribution in [3.63, 3.8) is 0 Å². The van der Waals surface area contributed by atoms with Crippen molar-refractivity contribution in [1.29, 1.82) is 0 Å². The van der Waals surface area contributed by atoms with Gasteiger partial charge in [0.15, 0.2) is 0 Å². The fourth-order valence-electron chi connectivity index (χ4n) is 4.73. The van der Waals surface area contributed by atoms with Crippen LogP contribution in [0.4, 0.5) is 18.9 Å². The largest absolute Gasteiger partial charge is 0.489 e. The standard InChI is InChI=1S/C26H31F3N2O2/c1-18(2)22-8-6-19(14-23(22)26(27,28)29)17-33-21-7-9-24-20(15-21)10-13-31(24)25(32)16-30-11-4-3-5-12-30/h6-9,14-15,18H,3-5,10-13,16-17H2,1-2H3. The molecule has 2 heterocycles. The highest BCUT2D eigenvalue weighted by Crippen LogP contribution is 2.36. The molecule has 2 aromatic carbocycles. The second-order valence-electron chi connectivity index (χ2n) is 9.29. The molecule has 0 unspecified atom stereocenters. The lowest BCUT2D eigenvalue weighted by molar-refractivity contribution is -0.138. The van der Waals surface area contributed by atoms with Crippen LogP contribution < -0.4 is 9.64 Å². The molecular formula is C26H31F3N2O2. The summed E-state index contributed by atoms with van der Waals surface area (Å²) >= 11 is 0. The van der Waals surface area contributed by atoms with E-state index < -0.39 is 11.7 Å². The molecule has 1 amide bonds. The van der Waals surface area contributed by atoms with Gasteiger partial charge in [-0.15, -0.1) is 0 Å². The van der Waals surface area contributed by atoms with Crippen LogP contribution in [0.2, 0.25) is 0 Å². The van der Waals surface area contributed by atoms with Crippen LogP contribution in [-0.4, -0.2) is 37.0 Å². The van der Waals surface area contributed by atoms with Crippen LogP contribution in [0, 0.1) is 0 Å². The van der Waals surface area contributed by atoms with Gasteiger partial charge in [0, 0.05) is 12.2 Å². The monoisotopic (exact) mass is 460 g/mol. The van der Waals surface area contributed by atoms with Gasteiger partial charge in [0.05, 0.1) is 12.1 Å². The fourth-order valence-corrected chi connectivity index (χ4v) is 4.73. The molecule has 1 saturated heterocycles. The Labute approximate surface area is 193 Å². The molecule has 0 N–H and O–H groups in total. The first kappa shape index (κ1) is 23.6. The predicted octanol–water partition coefficient (Wildman–Crippen LogP) is 5.78. The first-order valence-corrected chi connectivity index (χ1v) is 11.7. The summed E-state index contributed by atoms with van der Waals surface area (Å²) in [6.45, 7) is 6.62. The number of amides is 1. The average Bonchev–Trinajstić information content (AvgIpc) is 3.21. The summed E-state index contributed by atoms with van der Waals surface area (Å²) < 4.78 is 46.3. The third kappa shape index (κ3) is 5.52. The van der Waals surface area contributed by atoms with Crippen LogP contribution in [0.25, 0.3) is 0 Å². The van der Waals surface area contributed by atoms with E-state index in [1.807, 2.05) is 17.0 Å². The van der Waals surface area contributed by atoms with Gasteiger partial charge < -0.3 is 9.64 Å². The lowest BCUT2D eigenvalue weighted by atomic mass is 9.95. The molecule has 0 aliphatic carbocycles. The third-order valence-electron chi connectivity index (χ3n) is 6.51. The second-order valence-corrected chi connectivity index (χ2v) is 9.29. The van der Waals surface area contributed by atoms with Crippen molar-refractivity contribution in [1.82, 2.24) is 4.90 Å². The number of rotatable bonds is 6. The topological polar surface area (TPSA) is 32.8 Å². The van der Waals surface area contributed by atoms with E-state index in [1.165, 1.54) is 12.5 Å². The van der Waals surface area contributed by atoms with Crippen molar-refractivity contribution in [3.05, 3.63) is 58.7 Å². The molecule has 0 bridgehead atoms. The Morgan fingerprint density at radius 3 is 2.48 bits per heavy atom. The summed E-state index contributed by atoms with van der Waals surface area (Å²) in [7, 11) is 0. The van der Waals surface area contributed by atoms with E-state index in [4.69, 9.17) is 4.74 Å². The van der Waals surface area contributed by atoms with Crippen molar-refractivity contribution in [2.45, 2.75) is 58.2 Å². The number of benzene rings is 2. The molecule has 2 aromatic rings. The number of nitrogens with zero attached hydrogens (tertiary/aromatic N) is 2. The van der Waals surface area contributed by atoms with Crippen molar-refractivity contribution in [2.75, 3.05) is 31.1 Å². The quantitative estimate of drug-likeness (QED) is 0.548. The smallest absolute Gasteiger partial charge is 0.416 e. The van der Waals surface area contributed by atoms with Crippen LogP contribution in [-0.2, 0) is 24.0 Å². The van der Waals surface area contributed by atoms with E-state index in [1.54, 1.807) is 32.0 Å². The Kier molecular flexibility index (Phi) is 6.98. The minimum atomic E-state index is -4.40. The molecule has 7 heteroatoms. The minimum Gasteiger partial charge on any atom is -0.489 e. The van der Waals surface area contributed by atoms with Gasteiger partial charge in [-0.25, -0.2) is 0 Å². The van der Waals surface area contributed by atoms with Gasteiger partial charge in [0.25, 0.3) is 0 Å². The highest BCUT2D eigenvalue weighted by Gasteiger charge is 2.34. The summed E-state index contributed by atoms with van der Waals surface area (Å²) in [5, 5.41) is 0. The number of fused-ring (bicyclic) bond motifs is 1. The summed E-state index contributed by atoms with van der Waals surface area (Å²) in [5.41, 5.74) is 2.11. The third-order valence-corrected chi connectivity index (χ3v) is 6.51. The zero-order valence-corrected chi connectivity index (χ0v) is 19.3. The van der Waals surface area contributed by atoms with Crippen molar-refractivity contribution in [3.8, 4) is 5.75 Å². The Balaban J connectivity index is 1.41. The SMILES string of the molecule is CC(C)c1ccc(COc2ccc3c(c2)CCN3C(=O)CN2CCCCC2)cc1C(F)(F)F. The first-order chi connectivity index (χ1) is 15.7. The Morgan fingerprint density at radius 2 is 1.79 bits per heavy atom. The number of hydrogen-bond acceptors (Lipinski definition) is 3. The molecule has 2 aliphatic rings. The first-order valence-electron chi connectivity index (χ1n) is 11.7. The molecule has 0 saturated carbocycles. The number of hydrogen-bond donors (Lipinski definition) is 0. The van der Waals surface area contributed by atoms with Crippen LogP contribution >= 0.6 is 0 Å². The number of carbonyl (C=O) groups is 1. The second kappa shape index (κ2) is 9.75. The van der Waals surface area contributed by atoms with Crippen molar-refractivity contribution in [2.24, 2.45) is 0 Å². The molecule has 0 aromatic heterocycles. The van der Waals surface area contributed by atoms with E-state index in [0.29, 0.717) is 24.4 Å². The molecule has 4 rings (SSSR count). The normalized spacial score (nSPS) is 16.8. The van der Waals surface area contributed by atoms with Gasteiger partial charge >= 0.3 is 6.18 Å². The maximum atomic E-state index is 13.5. The number of piperidine rings is 1. The molecule has 4 nitrogen and oxygen atoms in total. The molecule has 0 atom stereocenters. The van der Waals surface area contributed by atoms with Gasteiger partial charge in [-0.3, -0.25) is 9.69 Å². The average molecular weight is 461 g/mol. The zero-order valence-electron chi connectivity index (χ0n) is 19.3. The van der Waals surface area contributed by atoms with Gasteiger partial charge in [0.1, 0.15) is 12.4 Å². The lowest BCUT2D eigenvalue weighted by Gasteiger charge is -2.28. The van der Waals surface area contributed by atoms with E-state index in [0.717, 1.165) is 43.6 Å². The van der Waals surface area contributed by atoms with E-state index >= 15 is 0 Å². The van der Waals surface area contributed by atoms with Crippen LogP contribution in [0.5, 0.6) is 5.75 Å². The van der Waals surface area contributed by atoms with Gasteiger partial charge in [0.2, 0.25) is 5.91 Å². The summed E-state index contributed by atoms with van der Waals surface area (Å²) in [5.74, 6) is 0.503. The highest BCUT2D eigenvalue weighted by molar-refractivity contribution is 5.96. The summed E-state index contributed by atoms with van der Waals surface area (Å²) in [4.78, 5) is 16.9. The zero-order chi connectivity index (χ0) is 23.6. The summed E-state index contributed by atoms with van der Waals surface area (Å²) in [6.07, 6.45) is -0.114. The van der Waals surface area contributed by atoms with Gasteiger partial charge in [-0.05, 0) is 79.2 Å². The molecular weight excluding hydrogens is 429 g/mol. The van der Waals surface area contributed by atoms with Crippen LogP contribution in [0.15, 0.2) is 36.4 Å². The number of likely N-dealkylation sites (tertiary alicyclic amines) is 1. The number of ether oxygens (including phenoxy) is 1. The number of alkyl halides is 3. The Morgan fingerprint density at radius 1 is 1.03 bits per heavy atom. The fraction of sp³-hybridized carbons (Fsp3) is 0.500. The van der Waals surface area contributed by atoms with E-state index in [9.17, 15) is 18.0 Å². The van der Waals surface area contributed by atoms with Gasteiger partial charge in [-0.1, -0.05) is 32.4 Å². The molecule has 178 valence electrons. The number of anilines is 1. The van der Waals surface area contributed by atoms with Gasteiger partial charge in [-0.2, -0.15) is 13.2 Å². The molecule has 33 heavy (non-hydrogen) atoms. The number of halogens is 3. The van der Waals surface area contributed by atoms with E-state index in [2.05, 4.69) is 4.90 Å². The minimum absolute atomic E-state index is 0.0534. The highest BCUT2D eigenvalue weighted by atomic mass is 19.4. The van der Waals surface area contributed by atoms with Crippen molar-refractivity contribution >= 4 is 11.6 Å². The van der Waals surface area contributed by atoms with Crippen molar-refractivity contribution < 1.29 is 22.7 Å². The Bertz CT molecular complexity index is 998. The van der Waals surface area contributed by atoms with Crippen LogP contribution in [0.1, 0.15) is 61.3 Å². The molecule has 2 aliphatic heterocycles. The molecule has 1 fully saturated rings. The predicted molar refractivity (Wildman–Crippen MR) is 123 cm³/mol. The maximum absolute atomic E-state index is 13.5. The van der Waals surface area contributed by atoms with E-state index in [-0.39, 0.29) is 24.0 Å². The lowest BCUT2D eigenvalue weighted by Crippen LogP contribution is -2.41. The van der Waals surface area contributed by atoms with Crippen LogP contribution in [0.3, 0.4) is 0 Å². The maximum Gasteiger partial charge on any atom is 0.416 e. The molecule has 0 spiro atoms. The molecule has 0 radical (unpaired) electrons. The Hall–Kier alpha value is -2.54.